The van der Waals surface area contributed by atoms with E-state index in [4.69, 9.17) is 23.2 Å². The van der Waals surface area contributed by atoms with E-state index in [1.807, 2.05) is 0 Å². The minimum absolute atomic E-state index is 0. The Labute approximate surface area is 602 Å². The molecule has 0 atom stereocenters. The molecule has 0 fully saturated rings. The van der Waals surface area contributed by atoms with Crippen molar-refractivity contribution < 1.29 is 246 Å². The van der Waals surface area contributed by atoms with Crippen molar-refractivity contribution in [3.05, 3.63) is 140 Å². The maximum atomic E-state index is 13.8. The Bertz CT molecular complexity index is 4220. The Morgan fingerprint density at radius 2 is 1.14 bits per heavy atom. The fourth-order valence-corrected chi connectivity index (χ4v) is 9.10. The summed E-state index contributed by atoms with van der Waals surface area (Å²) in [5.41, 5.74) is 1.99. The zero-order valence-corrected chi connectivity index (χ0v) is 58.7. The largest absolute Gasteiger partial charge is 2.00 e. The maximum absolute atomic E-state index is 13.8. The number of rotatable bonds is 18. The number of hydrogen-bond donors (Lipinski definition) is 4. The van der Waals surface area contributed by atoms with E-state index >= 15 is 0 Å². The van der Waals surface area contributed by atoms with Crippen molar-refractivity contribution in [2.75, 3.05) is 10.7 Å². The second kappa shape index (κ2) is 32.0. The zero-order valence-electron chi connectivity index (χ0n) is 43.2. The molecule has 411 valence electrons. The molecule has 4 aromatic carbocycles. The number of hydrazine groups is 1. The predicted octanol–water partition coefficient (Wildman–Crippen LogP) is -13.6. The van der Waals surface area contributed by atoms with E-state index in [0.29, 0.717) is 18.2 Å². The van der Waals surface area contributed by atoms with Gasteiger partial charge in [0.15, 0.2) is 28.3 Å². The van der Waals surface area contributed by atoms with Gasteiger partial charge >= 0.3 is 166 Å². The third-order valence-corrected chi connectivity index (χ3v) is 13.8. The SMILES string of the molecule is O=C1C(N/N=C(\NNc2ccc(S(=O)(=O)[O-])cc2C(=O)[O-])c2ccccc2)=CC(S(=O)(=O)[O-])=CC1=Nc1nc(Cl)nc([N-]c2cc(S(=O)(=O)[O-])c([N-]c3nc(Cl)nc(Nc4cccc(S(=O)(=O)[O-])c4)n3)cc2S(=O)(=O)[O-])n1.[Cu+2].[H+].[Na+].[Na+].[Na+].[Na+].[Na+]. The Morgan fingerprint density at radius 3 is 1.67 bits per heavy atom. The number of nitrogens with one attached hydrogen (secondary N) is 4. The first-order chi connectivity index (χ1) is 35.8. The van der Waals surface area contributed by atoms with Crippen LogP contribution in [0.15, 0.2) is 137 Å². The number of allylic oxidation sites excluding steroid dienone is 3. The predicted molar refractivity (Wildman–Crippen MR) is 256 cm³/mol. The molecular weight excluding hydrogens is 1350 g/mol. The number of hydrazone groups is 1. The monoisotopic (exact) mass is 1370 g/mol. The van der Waals surface area contributed by atoms with Gasteiger partial charge in [-0.05, 0) is 60.7 Å². The topological polar surface area (TPSA) is 522 Å². The van der Waals surface area contributed by atoms with Gasteiger partial charge in [0.2, 0.25) is 5.78 Å². The van der Waals surface area contributed by atoms with Gasteiger partial charge in [0.25, 0.3) is 0 Å². The molecule has 1 aliphatic rings. The summed E-state index contributed by atoms with van der Waals surface area (Å²) in [5, 5.41) is 24.3. The van der Waals surface area contributed by atoms with E-state index in [1.54, 1.807) is 6.07 Å². The number of carbonyl (C=O) groups is 2. The summed E-state index contributed by atoms with van der Waals surface area (Å²) in [6.45, 7) is 0. The van der Waals surface area contributed by atoms with Gasteiger partial charge in [-0.15, -0.1) is 0 Å². The number of amidine groups is 1. The molecular formula is C38H21Cl2CuN14Na5O18S5. The molecule has 2 aromatic heterocycles. The van der Waals surface area contributed by atoms with E-state index in [0.717, 1.165) is 30.3 Å². The number of nitrogens with zero attached hydrogens (tertiary/aromatic N) is 10. The second-order valence-electron chi connectivity index (χ2n) is 14.5. The fourth-order valence-electron chi connectivity index (χ4n) is 6.03. The second-order valence-corrected chi connectivity index (χ2v) is 22.0. The van der Waals surface area contributed by atoms with Gasteiger partial charge in [0, 0.05) is 40.1 Å². The summed E-state index contributed by atoms with van der Waals surface area (Å²) < 4.78 is 182. The van der Waals surface area contributed by atoms with Crippen LogP contribution in [0, 0.1) is 0 Å². The normalized spacial score (nSPS) is 13.0. The number of Topliss-reactive ketones (excluding diaryl/α,β-unsaturated/α-hetero) is 1. The van der Waals surface area contributed by atoms with Crippen molar-refractivity contribution in [1.29, 1.82) is 0 Å². The molecule has 7 rings (SSSR count). The van der Waals surface area contributed by atoms with Gasteiger partial charge < -0.3 is 68.6 Å². The number of ketones is 1. The van der Waals surface area contributed by atoms with Crippen LogP contribution in [0.3, 0.4) is 0 Å². The molecule has 0 aliphatic heterocycles. The standard InChI is InChI=1S/C38H28Cl2N14O18S5.Cu.5Na/c39-33-45-35(41-18-7-4-8-19(11-18)73(58,59)60)49-36(46-33)42-24-15-29(77(70,71)72)25(16-28(24)76(67,68)69)43-37-47-34(40)48-38(50-37)44-26-13-21(75(64,65)66)14-27(30(26)55)52-54-31(17-5-2-1-3-6-17)53-51-23-10-9-20(74(61,62)63)12-22(23)32(56)57;;;;;;/h1-16H,(H12,41,42,43,44,45,46,47,48,49,50,51,52,53,54,55,56,57,58,59,60,61,62,63,64,65,66,67,68,69,70,71,72);;;;;;/q;+2;5*+1/p-7. The van der Waals surface area contributed by atoms with Crippen LogP contribution in [0.2, 0.25) is 10.6 Å². The third kappa shape index (κ3) is 21.6. The fraction of sp³-hybridized carbons (Fsp3) is 0. The van der Waals surface area contributed by atoms with E-state index in [2.05, 4.69) is 72.2 Å². The molecule has 6 aromatic rings. The van der Waals surface area contributed by atoms with Crippen LogP contribution < -0.4 is 174 Å². The van der Waals surface area contributed by atoms with Crippen LogP contribution in [0.1, 0.15) is 17.3 Å². The van der Waals surface area contributed by atoms with Crippen molar-refractivity contribution >= 4 is 144 Å². The maximum Gasteiger partial charge on any atom is 2.00 e. The van der Waals surface area contributed by atoms with Crippen molar-refractivity contribution in [3.8, 4) is 0 Å². The summed E-state index contributed by atoms with van der Waals surface area (Å²) in [7, 11) is -27.0. The number of halogens is 2. The van der Waals surface area contributed by atoms with Gasteiger partial charge in [-0.3, -0.25) is 21.1 Å². The minimum Gasteiger partial charge on any atom is -0.744 e. The van der Waals surface area contributed by atoms with Crippen LogP contribution >= 0.6 is 23.2 Å². The quantitative estimate of drug-likeness (QED) is 0.0155. The summed E-state index contributed by atoms with van der Waals surface area (Å²) >= 11 is 12.0. The first-order valence-corrected chi connectivity index (χ1v) is 27.6. The molecule has 0 saturated carbocycles. The van der Waals surface area contributed by atoms with Crippen molar-refractivity contribution in [2.24, 2.45) is 10.1 Å². The van der Waals surface area contributed by atoms with Crippen molar-refractivity contribution in [2.45, 2.75) is 19.6 Å². The number of carboxylic acid groups (broad SMARTS) is 1. The molecule has 0 spiro atoms. The number of aromatic nitrogens is 6. The first-order valence-electron chi connectivity index (χ1n) is 19.8. The number of aliphatic imine (C=N–C) groups is 1. The van der Waals surface area contributed by atoms with E-state index in [-0.39, 0.29) is 201 Å². The molecule has 0 amide bonds. The smallest absolute Gasteiger partial charge is 0.744 e. The molecule has 1 aliphatic carbocycles. The van der Waals surface area contributed by atoms with Gasteiger partial charge in [-0.25, -0.2) is 57.0 Å². The van der Waals surface area contributed by atoms with Crippen molar-refractivity contribution in [1.82, 2.24) is 40.8 Å². The first kappa shape index (κ1) is 78.3. The summed E-state index contributed by atoms with van der Waals surface area (Å²) in [5.74, 6) is -6.86. The van der Waals surface area contributed by atoms with E-state index in [9.17, 15) is 79.5 Å². The molecule has 1 radical (unpaired) electrons. The Balaban J connectivity index is 0.00000984. The van der Waals surface area contributed by atoms with Crippen LogP contribution in [0.4, 0.5) is 46.5 Å². The van der Waals surface area contributed by atoms with Crippen LogP contribution in [0.5, 0.6) is 0 Å². The molecule has 83 heavy (non-hydrogen) atoms. The molecule has 0 unspecified atom stereocenters. The number of carbonyl (C=O) groups excluding carboxylic acids is 2. The molecule has 45 heteroatoms. The Hall–Kier alpha value is -2.69. The number of carboxylic acids is 1. The number of hydrogen-bond acceptors (Lipinski definition) is 29. The van der Waals surface area contributed by atoms with E-state index < -0.39 is 150 Å². The van der Waals surface area contributed by atoms with Crippen LogP contribution in [-0.4, -0.2) is 118 Å². The zero-order chi connectivity index (χ0) is 56.4. The third-order valence-electron chi connectivity index (χ3n) is 9.28. The molecule has 2 heterocycles. The minimum atomic E-state index is -5.77. The molecule has 4 N–H and O–H groups in total. The summed E-state index contributed by atoms with van der Waals surface area (Å²) in [6, 6.07) is 14.3. The van der Waals surface area contributed by atoms with Crippen molar-refractivity contribution in [3.63, 3.8) is 0 Å². The molecule has 0 bridgehead atoms. The summed E-state index contributed by atoms with van der Waals surface area (Å²) in [6.07, 6.45) is 0.980. The van der Waals surface area contributed by atoms with Gasteiger partial charge in [-0.2, -0.15) is 5.10 Å². The Kier molecular flexibility index (Phi) is 30.2. The van der Waals surface area contributed by atoms with E-state index in [1.165, 1.54) is 30.3 Å². The molecule has 0 saturated heterocycles. The molecule has 32 nitrogen and oxygen atoms in total. The van der Waals surface area contributed by atoms with Crippen LogP contribution in [-0.2, 0) is 72.5 Å². The summed E-state index contributed by atoms with van der Waals surface area (Å²) in [4.78, 5) is 46.2. The van der Waals surface area contributed by atoms with Gasteiger partial charge in [-0.1, -0.05) is 59.6 Å². The average molecular weight is 1370 g/mol. The van der Waals surface area contributed by atoms with Gasteiger partial charge in [0.1, 0.15) is 62.0 Å². The average Bonchev–Trinajstić information content (AvgIpc) is 3.31. The van der Waals surface area contributed by atoms with Crippen LogP contribution in [0.25, 0.3) is 10.6 Å². The Morgan fingerprint density at radius 1 is 0.602 bits per heavy atom. The number of benzene rings is 4. The number of aromatic carboxylic acids is 1. The van der Waals surface area contributed by atoms with Gasteiger partial charge in [0.05, 0.1) is 36.1 Å². The number of anilines is 3.